The van der Waals surface area contributed by atoms with Crippen LogP contribution in [0.1, 0.15) is 17.4 Å². The molecule has 1 saturated heterocycles. The third kappa shape index (κ3) is 2.28. The fraction of sp³-hybridized carbons (Fsp3) is 0.188. The maximum Gasteiger partial charge on any atom is 0.332 e. The number of carbonyl (C=O) groups is 3. The lowest BCUT2D eigenvalue weighted by Crippen LogP contribution is -2.37. The van der Waals surface area contributed by atoms with Crippen LogP contribution in [0.2, 0.25) is 0 Å². The highest BCUT2D eigenvalue weighted by atomic mass is 16.2. The van der Waals surface area contributed by atoms with E-state index in [-0.39, 0.29) is 18.2 Å². The summed E-state index contributed by atoms with van der Waals surface area (Å²) in [6, 6.07) is 11.2. The van der Waals surface area contributed by atoms with Crippen molar-refractivity contribution in [2.24, 2.45) is 0 Å². The van der Waals surface area contributed by atoms with E-state index in [0.717, 1.165) is 4.90 Å². The van der Waals surface area contributed by atoms with Gasteiger partial charge in [-0.2, -0.15) is 0 Å². The van der Waals surface area contributed by atoms with Gasteiger partial charge in [0.15, 0.2) is 5.78 Å². The van der Waals surface area contributed by atoms with Gasteiger partial charge in [-0.3, -0.25) is 19.4 Å². The molecule has 22 heavy (non-hydrogen) atoms. The van der Waals surface area contributed by atoms with E-state index in [1.165, 1.54) is 4.90 Å². The van der Waals surface area contributed by atoms with Gasteiger partial charge in [0.25, 0.3) is 5.91 Å². The van der Waals surface area contributed by atoms with Crippen molar-refractivity contribution >= 4 is 23.4 Å². The molecule has 0 bridgehead atoms. The molecular weight excluding hydrogens is 282 g/mol. The van der Waals surface area contributed by atoms with Crippen molar-refractivity contribution in [2.75, 3.05) is 11.4 Å². The molecule has 0 aliphatic carbocycles. The molecule has 3 rings (SSSR count). The van der Waals surface area contributed by atoms with Gasteiger partial charge in [-0.1, -0.05) is 18.2 Å². The van der Waals surface area contributed by atoms with Crippen molar-refractivity contribution in [1.29, 1.82) is 0 Å². The number of nitrogens with one attached hydrogen (secondary N) is 1. The van der Waals surface area contributed by atoms with Crippen LogP contribution in [0.4, 0.5) is 10.5 Å². The molecule has 0 unspecified atom stereocenters. The van der Waals surface area contributed by atoms with Crippen LogP contribution in [0.25, 0.3) is 0 Å². The molecule has 1 aliphatic rings. The topological polar surface area (TPSA) is 73.5 Å². The Hall–Kier alpha value is -2.89. The molecular formula is C16H15N3O3. The van der Waals surface area contributed by atoms with Gasteiger partial charge in [-0.25, -0.2) is 4.79 Å². The number of imide groups is 1. The summed E-state index contributed by atoms with van der Waals surface area (Å²) in [5.41, 5.74) is 1.02. The van der Waals surface area contributed by atoms with Crippen molar-refractivity contribution in [3.8, 4) is 0 Å². The first-order valence-corrected chi connectivity index (χ1v) is 6.96. The third-order valence-corrected chi connectivity index (χ3v) is 3.68. The van der Waals surface area contributed by atoms with Crippen LogP contribution in [0, 0.1) is 0 Å². The number of H-pyrrole nitrogens is 1. The zero-order valence-corrected chi connectivity index (χ0v) is 12.0. The maximum atomic E-state index is 12.5. The van der Waals surface area contributed by atoms with E-state index >= 15 is 0 Å². The number of amides is 3. The largest absolute Gasteiger partial charge is 0.359 e. The standard InChI is InChI=1S/C16H15N3O3/c1-11-15(21)18(10-14(20)13-8-5-9-17-13)16(22)19(11)12-6-3-2-4-7-12/h2-9,11,17H,10H2,1H3/t11-/m0/s1. The van der Waals surface area contributed by atoms with Gasteiger partial charge in [-0.15, -0.1) is 0 Å². The van der Waals surface area contributed by atoms with Crippen LogP contribution in [-0.2, 0) is 4.79 Å². The highest BCUT2D eigenvalue weighted by Crippen LogP contribution is 2.25. The second kappa shape index (κ2) is 5.48. The molecule has 1 N–H and O–H groups in total. The fourth-order valence-corrected chi connectivity index (χ4v) is 2.53. The lowest BCUT2D eigenvalue weighted by molar-refractivity contribution is -0.126. The monoisotopic (exact) mass is 297 g/mol. The van der Waals surface area contributed by atoms with Crippen molar-refractivity contribution in [3.63, 3.8) is 0 Å². The number of nitrogens with zero attached hydrogens (tertiary/aromatic N) is 2. The smallest absolute Gasteiger partial charge is 0.332 e. The molecule has 1 atom stereocenters. The van der Waals surface area contributed by atoms with Crippen LogP contribution < -0.4 is 4.90 Å². The minimum atomic E-state index is -0.619. The lowest BCUT2D eigenvalue weighted by Gasteiger charge is -2.19. The van der Waals surface area contributed by atoms with Crippen LogP contribution >= 0.6 is 0 Å². The Morgan fingerprint density at radius 1 is 1.14 bits per heavy atom. The summed E-state index contributed by atoms with van der Waals surface area (Å²) in [6.07, 6.45) is 1.62. The molecule has 1 aromatic carbocycles. The number of Topliss-reactive ketones (excluding diaryl/α,β-unsaturated/α-hetero) is 1. The van der Waals surface area contributed by atoms with Gasteiger partial charge in [0.1, 0.15) is 6.04 Å². The van der Waals surface area contributed by atoms with E-state index in [2.05, 4.69) is 4.98 Å². The predicted octanol–water partition coefficient (Wildman–Crippen LogP) is 2.05. The molecule has 0 radical (unpaired) electrons. The molecule has 2 aromatic rings. The molecule has 1 fully saturated rings. The molecule has 1 aromatic heterocycles. The Balaban J connectivity index is 1.83. The predicted molar refractivity (Wildman–Crippen MR) is 80.6 cm³/mol. The Labute approximate surface area is 127 Å². The first-order valence-electron chi connectivity index (χ1n) is 6.96. The van der Waals surface area contributed by atoms with Gasteiger partial charge in [-0.05, 0) is 31.2 Å². The van der Waals surface area contributed by atoms with E-state index in [1.807, 2.05) is 6.07 Å². The molecule has 0 saturated carbocycles. The zero-order valence-electron chi connectivity index (χ0n) is 12.0. The van der Waals surface area contributed by atoms with Crippen molar-refractivity contribution in [1.82, 2.24) is 9.88 Å². The average Bonchev–Trinajstić information content (AvgIpc) is 3.13. The first kappa shape index (κ1) is 14.1. The second-order valence-corrected chi connectivity index (χ2v) is 5.10. The lowest BCUT2D eigenvalue weighted by atomic mass is 10.2. The Morgan fingerprint density at radius 2 is 1.86 bits per heavy atom. The van der Waals surface area contributed by atoms with Crippen LogP contribution in [0.3, 0.4) is 0 Å². The van der Waals surface area contributed by atoms with Crippen LogP contribution in [0.15, 0.2) is 48.7 Å². The van der Waals surface area contributed by atoms with Gasteiger partial charge < -0.3 is 4.98 Å². The number of ketones is 1. The molecule has 3 amide bonds. The summed E-state index contributed by atoms with van der Waals surface area (Å²) in [6.45, 7) is 1.40. The van der Waals surface area contributed by atoms with E-state index in [1.54, 1.807) is 49.5 Å². The minimum Gasteiger partial charge on any atom is -0.359 e. The number of rotatable bonds is 4. The third-order valence-electron chi connectivity index (χ3n) is 3.68. The van der Waals surface area contributed by atoms with Gasteiger partial charge in [0.05, 0.1) is 12.2 Å². The number of para-hydroxylation sites is 1. The number of benzene rings is 1. The highest BCUT2D eigenvalue weighted by Gasteiger charge is 2.44. The molecule has 2 heterocycles. The summed E-state index contributed by atoms with van der Waals surface area (Å²) >= 11 is 0. The number of carbonyl (C=O) groups excluding carboxylic acids is 3. The van der Waals surface area contributed by atoms with Crippen molar-refractivity contribution in [3.05, 3.63) is 54.4 Å². The first-order chi connectivity index (χ1) is 10.6. The highest BCUT2D eigenvalue weighted by molar-refractivity contribution is 6.16. The van der Waals surface area contributed by atoms with Crippen molar-refractivity contribution < 1.29 is 14.4 Å². The SMILES string of the molecule is C[C@H]1C(=O)N(CC(=O)c2ccc[nH]2)C(=O)N1c1ccccc1. The maximum absolute atomic E-state index is 12.5. The quantitative estimate of drug-likeness (QED) is 0.693. The minimum absolute atomic E-state index is 0.258. The number of aromatic amines is 1. The molecule has 6 heteroatoms. The van der Waals surface area contributed by atoms with E-state index in [0.29, 0.717) is 11.4 Å². The normalized spacial score (nSPS) is 18.1. The average molecular weight is 297 g/mol. The van der Waals surface area contributed by atoms with Gasteiger partial charge >= 0.3 is 6.03 Å². The fourth-order valence-electron chi connectivity index (χ4n) is 2.53. The Morgan fingerprint density at radius 3 is 2.50 bits per heavy atom. The van der Waals surface area contributed by atoms with Crippen molar-refractivity contribution in [2.45, 2.75) is 13.0 Å². The van der Waals surface area contributed by atoms with Gasteiger partial charge in [0, 0.05) is 11.9 Å². The summed E-state index contributed by atoms with van der Waals surface area (Å²) < 4.78 is 0. The molecule has 0 spiro atoms. The summed E-state index contributed by atoms with van der Waals surface area (Å²) in [5, 5.41) is 0. The zero-order chi connectivity index (χ0) is 15.7. The van der Waals surface area contributed by atoms with E-state index < -0.39 is 12.1 Å². The number of anilines is 1. The van der Waals surface area contributed by atoms with Gasteiger partial charge in [0.2, 0.25) is 0 Å². The summed E-state index contributed by atoms with van der Waals surface area (Å²) in [5.74, 6) is -0.664. The number of aromatic nitrogens is 1. The second-order valence-electron chi connectivity index (χ2n) is 5.10. The van der Waals surface area contributed by atoms with E-state index in [4.69, 9.17) is 0 Å². The number of urea groups is 1. The van der Waals surface area contributed by atoms with Crippen LogP contribution in [-0.4, -0.2) is 40.2 Å². The Bertz CT molecular complexity index is 710. The molecule has 6 nitrogen and oxygen atoms in total. The number of hydrogen-bond donors (Lipinski definition) is 1. The number of hydrogen-bond acceptors (Lipinski definition) is 3. The summed E-state index contributed by atoms with van der Waals surface area (Å²) in [7, 11) is 0. The molecule has 1 aliphatic heterocycles. The Kier molecular flexibility index (Phi) is 3.50. The van der Waals surface area contributed by atoms with E-state index in [9.17, 15) is 14.4 Å². The van der Waals surface area contributed by atoms with Crippen LogP contribution in [0.5, 0.6) is 0 Å². The summed E-state index contributed by atoms with van der Waals surface area (Å²) in [4.78, 5) is 42.1. The molecule has 112 valence electrons.